The monoisotopic (exact) mass is 273 g/mol. The largest absolute Gasteiger partial charge is 0.488 e. The van der Waals surface area contributed by atoms with E-state index in [4.69, 9.17) is 25.4 Å². The average molecular weight is 273 g/mol. The lowest BCUT2D eigenvalue weighted by atomic mass is 10.2. The van der Waals surface area contributed by atoms with E-state index in [2.05, 4.69) is 0 Å². The summed E-state index contributed by atoms with van der Waals surface area (Å²) in [6.07, 6.45) is -1.97. The van der Waals surface area contributed by atoms with E-state index >= 15 is 0 Å². The molecule has 0 radical (unpaired) electrons. The van der Waals surface area contributed by atoms with Gasteiger partial charge in [-0.2, -0.15) is 0 Å². The number of hydrogen-bond donors (Lipinski definition) is 5. The van der Waals surface area contributed by atoms with E-state index in [0.717, 1.165) is 0 Å². The second-order valence-electron chi connectivity index (χ2n) is 3.96. The van der Waals surface area contributed by atoms with Gasteiger partial charge in [-0.05, 0) is 12.1 Å². The Kier molecular flexibility index (Phi) is 6.37. The molecule has 0 heterocycles. The lowest BCUT2D eigenvalue weighted by Gasteiger charge is -2.15. The van der Waals surface area contributed by atoms with Gasteiger partial charge in [0.1, 0.15) is 42.6 Å². The van der Waals surface area contributed by atoms with Gasteiger partial charge in [0.15, 0.2) is 0 Å². The molecule has 19 heavy (non-hydrogen) atoms. The Bertz CT molecular complexity index is 354. The molecule has 0 spiro atoms. The Morgan fingerprint density at radius 1 is 0.947 bits per heavy atom. The molecule has 0 fully saturated rings. The van der Waals surface area contributed by atoms with Gasteiger partial charge in [-0.1, -0.05) is 6.07 Å². The van der Waals surface area contributed by atoms with E-state index in [1.54, 1.807) is 18.2 Å². The van der Waals surface area contributed by atoms with Crippen LogP contribution in [0, 0.1) is 0 Å². The van der Waals surface area contributed by atoms with E-state index in [1.165, 1.54) is 0 Å². The van der Waals surface area contributed by atoms with Gasteiger partial charge < -0.3 is 35.6 Å². The van der Waals surface area contributed by atoms with E-state index in [9.17, 15) is 10.2 Å². The van der Waals surface area contributed by atoms with Crippen molar-refractivity contribution in [2.75, 3.05) is 32.2 Å². The summed E-state index contributed by atoms with van der Waals surface area (Å²) in [6, 6.07) is 4.82. The number of nitrogen functional groups attached to an aromatic ring is 1. The summed E-state index contributed by atoms with van der Waals surface area (Å²) in [5.41, 5.74) is 6.02. The van der Waals surface area contributed by atoms with Gasteiger partial charge in [0, 0.05) is 0 Å². The zero-order valence-corrected chi connectivity index (χ0v) is 10.4. The Labute approximate surface area is 110 Å². The number of nitrogens with two attached hydrogens (primary N) is 1. The number of benzene rings is 1. The normalized spacial score (nSPS) is 13.9. The molecule has 7 nitrogen and oxygen atoms in total. The molecule has 1 rings (SSSR count). The van der Waals surface area contributed by atoms with Crippen LogP contribution < -0.4 is 15.2 Å². The predicted octanol–water partition coefficient (Wildman–Crippen LogP) is -1.27. The van der Waals surface area contributed by atoms with E-state index in [1.807, 2.05) is 0 Å². The van der Waals surface area contributed by atoms with Crippen molar-refractivity contribution in [1.29, 1.82) is 0 Å². The molecule has 2 unspecified atom stereocenters. The van der Waals surface area contributed by atoms with Crippen molar-refractivity contribution in [3.05, 3.63) is 18.2 Å². The van der Waals surface area contributed by atoms with Crippen LogP contribution in [0.25, 0.3) is 0 Å². The highest BCUT2D eigenvalue weighted by atomic mass is 16.5. The Balaban J connectivity index is 2.64. The van der Waals surface area contributed by atoms with Gasteiger partial charge in [0.05, 0.1) is 13.2 Å². The Hall–Kier alpha value is -1.54. The van der Waals surface area contributed by atoms with Crippen LogP contribution in [0.5, 0.6) is 11.5 Å². The first-order valence-corrected chi connectivity index (χ1v) is 5.80. The van der Waals surface area contributed by atoms with Crippen LogP contribution in [-0.4, -0.2) is 59.1 Å². The SMILES string of the molecule is Nc1c(OCC(O)CO)cccc1OCC(O)CO. The first kappa shape index (κ1) is 15.5. The zero-order chi connectivity index (χ0) is 14.3. The average Bonchev–Trinajstić information content (AvgIpc) is 2.44. The summed E-state index contributed by atoms with van der Waals surface area (Å²) >= 11 is 0. The standard InChI is InChI=1S/C12H19NO6/c13-12-10(18-6-8(16)4-14)2-1-3-11(12)19-7-9(17)5-15/h1-3,8-9,14-17H,4-7,13H2. The van der Waals surface area contributed by atoms with Gasteiger partial charge in [-0.25, -0.2) is 0 Å². The summed E-state index contributed by atoms with van der Waals surface area (Å²) in [5, 5.41) is 35.7. The lowest BCUT2D eigenvalue weighted by Crippen LogP contribution is -2.22. The molecule has 0 amide bonds. The maximum atomic E-state index is 9.18. The molecule has 1 aromatic carbocycles. The summed E-state index contributed by atoms with van der Waals surface area (Å²) in [4.78, 5) is 0. The molecular formula is C12H19NO6. The fourth-order valence-electron chi connectivity index (χ4n) is 1.25. The maximum absolute atomic E-state index is 9.18. The van der Waals surface area contributed by atoms with Crippen LogP contribution in [0.1, 0.15) is 0 Å². The molecule has 108 valence electrons. The van der Waals surface area contributed by atoms with Crippen molar-refractivity contribution >= 4 is 5.69 Å². The van der Waals surface area contributed by atoms with Crippen LogP contribution >= 0.6 is 0 Å². The first-order chi connectivity index (χ1) is 9.08. The number of rotatable bonds is 8. The van der Waals surface area contributed by atoms with Crippen LogP contribution in [0.3, 0.4) is 0 Å². The Morgan fingerprint density at radius 2 is 1.37 bits per heavy atom. The van der Waals surface area contributed by atoms with Gasteiger partial charge in [-0.3, -0.25) is 0 Å². The number of ether oxygens (including phenoxy) is 2. The van der Waals surface area contributed by atoms with Crippen molar-refractivity contribution in [3.63, 3.8) is 0 Å². The number of aliphatic hydroxyl groups is 4. The molecule has 0 aromatic heterocycles. The van der Waals surface area contributed by atoms with Gasteiger partial charge in [-0.15, -0.1) is 0 Å². The van der Waals surface area contributed by atoms with Crippen LogP contribution in [-0.2, 0) is 0 Å². The second kappa shape index (κ2) is 7.80. The highest BCUT2D eigenvalue weighted by Crippen LogP contribution is 2.31. The highest BCUT2D eigenvalue weighted by molar-refractivity contribution is 5.62. The van der Waals surface area contributed by atoms with Gasteiger partial charge in [0.25, 0.3) is 0 Å². The van der Waals surface area contributed by atoms with Crippen LogP contribution in [0.15, 0.2) is 18.2 Å². The number of para-hydroxylation sites is 1. The van der Waals surface area contributed by atoms with Gasteiger partial charge in [0.2, 0.25) is 0 Å². The molecular weight excluding hydrogens is 254 g/mol. The molecule has 2 atom stereocenters. The van der Waals surface area contributed by atoms with E-state index in [0.29, 0.717) is 11.5 Å². The third-order valence-corrected chi connectivity index (χ3v) is 2.31. The zero-order valence-electron chi connectivity index (χ0n) is 10.4. The molecule has 0 saturated carbocycles. The molecule has 0 aliphatic rings. The minimum Gasteiger partial charge on any atom is -0.488 e. The number of anilines is 1. The van der Waals surface area contributed by atoms with Gasteiger partial charge >= 0.3 is 0 Å². The summed E-state index contributed by atoms with van der Waals surface area (Å²) in [7, 11) is 0. The quantitative estimate of drug-likeness (QED) is 0.374. The molecule has 0 aliphatic carbocycles. The van der Waals surface area contributed by atoms with Crippen molar-refractivity contribution < 1.29 is 29.9 Å². The molecule has 1 aromatic rings. The third-order valence-electron chi connectivity index (χ3n) is 2.31. The third kappa shape index (κ3) is 4.92. The van der Waals surface area contributed by atoms with E-state index < -0.39 is 25.4 Å². The predicted molar refractivity (Wildman–Crippen MR) is 68.0 cm³/mol. The molecule has 6 N–H and O–H groups in total. The topological polar surface area (TPSA) is 125 Å². The molecule has 0 bridgehead atoms. The minimum absolute atomic E-state index is 0.0938. The smallest absolute Gasteiger partial charge is 0.146 e. The Morgan fingerprint density at radius 3 is 1.74 bits per heavy atom. The van der Waals surface area contributed by atoms with E-state index in [-0.39, 0.29) is 18.9 Å². The van der Waals surface area contributed by atoms with Crippen molar-refractivity contribution in [1.82, 2.24) is 0 Å². The summed E-state index contributed by atoms with van der Waals surface area (Å²) < 4.78 is 10.5. The summed E-state index contributed by atoms with van der Waals surface area (Å²) in [5.74, 6) is 0.618. The maximum Gasteiger partial charge on any atom is 0.146 e. The number of aliphatic hydroxyl groups excluding tert-OH is 4. The number of hydrogen-bond acceptors (Lipinski definition) is 7. The fraction of sp³-hybridized carbons (Fsp3) is 0.500. The van der Waals surface area contributed by atoms with Crippen LogP contribution in [0.2, 0.25) is 0 Å². The van der Waals surface area contributed by atoms with Crippen molar-refractivity contribution in [3.8, 4) is 11.5 Å². The molecule has 0 aliphatic heterocycles. The minimum atomic E-state index is -0.986. The second-order valence-corrected chi connectivity index (χ2v) is 3.96. The van der Waals surface area contributed by atoms with Crippen molar-refractivity contribution in [2.45, 2.75) is 12.2 Å². The first-order valence-electron chi connectivity index (χ1n) is 5.80. The molecule has 0 saturated heterocycles. The van der Waals surface area contributed by atoms with Crippen molar-refractivity contribution in [2.24, 2.45) is 0 Å². The highest BCUT2D eigenvalue weighted by Gasteiger charge is 2.11. The summed E-state index contributed by atoms with van der Waals surface area (Å²) in [6.45, 7) is -0.996. The molecule has 7 heteroatoms. The van der Waals surface area contributed by atoms with Crippen LogP contribution in [0.4, 0.5) is 5.69 Å². The fourth-order valence-corrected chi connectivity index (χ4v) is 1.25. The lowest BCUT2D eigenvalue weighted by molar-refractivity contribution is 0.0517.